The molecule has 1 fully saturated rings. The zero-order valence-electron chi connectivity index (χ0n) is 15.7. The van der Waals surface area contributed by atoms with E-state index in [2.05, 4.69) is 5.32 Å². The second kappa shape index (κ2) is 8.99. The van der Waals surface area contributed by atoms with Gasteiger partial charge in [-0.25, -0.2) is 4.79 Å². The Morgan fingerprint density at radius 3 is 2.43 bits per heavy atom. The smallest absolute Gasteiger partial charge is 0.338 e. The van der Waals surface area contributed by atoms with Gasteiger partial charge in [-0.1, -0.05) is 6.07 Å². The number of hydrogen-bond acceptors (Lipinski definition) is 6. The van der Waals surface area contributed by atoms with Crippen molar-refractivity contribution in [3.05, 3.63) is 52.2 Å². The number of nitrogens with zero attached hydrogens (tertiary/aromatic N) is 1. The monoisotopic (exact) mass is 402 g/mol. The van der Waals surface area contributed by atoms with E-state index in [9.17, 15) is 14.4 Å². The Bertz CT molecular complexity index is 825. The van der Waals surface area contributed by atoms with E-state index in [0.29, 0.717) is 29.2 Å². The van der Waals surface area contributed by atoms with Crippen LogP contribution < -0.4 is 5.32 Å². The van der Waals surface area contributed by atoms with E-state index >= 15 is 0 Å². The minimum Gasteiger partial charge on any atom is -0.452 e. The van der Waals surface area contributed by atoms with E-state index in [0.717, 1.165) is 0 Å². The number of benzene rings is 1. The number of thiophene rings is 1. The SMILES string of the molecule is C[C@@H]1CN(C(=O)COC(=O)c2ccc(NC(=O)c3cccs3)cc2)C[C@@H](C)O1. The Morgan fingerprint density at radius 2 is 1.82 bits per heavy atom. The molecule has 1 aromatic heterocycles. The molecule has 0 radical (unpaired) electrons. The first-order chi connectivity index (χ1) is 13.4. The number of rotatable bonds is 5. The highest BCUT2D eigenvalue weighted by molar-refractivity contribution is 7.12. The number of nitrogens with one attached hydrogen (secondary N) is 1. The average Bonchev–Trinajstić information content (AvgIpc) is 3.20. The van der Waals surface area contributed by atoms with Crippen LogP contribution in [0.15, 0.2) is 41.8 Å². The fourth-order valence-corrected chi connectivity index (χ4v) is 3.59. The van der Waals surface area contributed by atoms with Crippen LogP contribution in [0.2, 0.25) is 0 Å². The van der Waals surface area contributed by atoms with Gasteiger partial charge in [0.15, 0.2) is 6.61 Å². The summed E-state index contributed by atoms with van der Waals surface area (Å²) < 4.78 is 10.7. The molecule has 8 heteroatoms. The highest BCUT2D eigenvalue weighted by atomic mass is 32.1. The summed E-state index contributed by atoms with van der Waals surface area (Å²) in [6.07, 6.45) is -0.0827. The van der Waals surface area contributed by atoms with Crippen molar-refractivity contribution >= 4 is 34.8 Å². The lowest BCUT2D eigenvalue weighted by molar-refractivity contribution is -0.146. The molecule has 0 bridgehead atoms. The molecule has 1 aliphatic heterocycles. The summed E-state index contributed by atoms with van der Waals surface area (Å²) >= 11 is 1.35. The van der Waals surface area contributed by atoms with Gasteiger partial charge >= 0.3 is 5.97 Å². The van der Waals surface area contributed by atoms with Gasteiger partial charge in [0.05, 0.1) is 22.6 Å². The van der Waals surface area contributed by atoms with Crippen molar-refractivity contribution in [3.8, 4) is 0 Å². The number of anilines is 1. The predicted octanol–water partition coefficient (Wildman–Crippen LogP) is 2.79. The van der Waals surface area contributed by atoms with E-state index in [-0.39, 0.29) is 30.6 Å². The fraction of sp³-hybridized carbons (Fsp3) is 0.350. The maximum Gasteiger partial charge on any atom is 0.338 e. The molecule has 148 valence electrons. The van der Waals surface area contributed by atoms with Crippen LogP contribution in [0.4, 0.5) is 5.69 Å². The van der Waals surface area contributed by atoms with Gasteiger partial charge in [-0.05, 0) is 49.6 Å². The second-order valence-corrected chi connectivity index (χ2v) is 7.59. The summed E-state index contributed by atoms with van der Waals surface area (Å²) in [5.41, 5.74) is 0.882. The zero-order chi connectivity index (χ0) is 20.1. The minimum absolute atomic E-state index is 0.0414. The molecule has 0 saturated carbocycles. The normalized spacial score (nSPS) is 19.1. The standard InChI is InChI=1S/C20H22N2O5S/c1-13-10-22(11-14(2)27-13)18(23)12-26-20(25)15-5-7-16(8-6-15)21-19(24)17-4-3-9-28-17/h3-9,13-14H,10-12H2,1-2H3,(H,21,24)/t13-,14-/m1/s1. The molecule has 2 aromatic rings. The van der Waals surface area contributed by atoms with Crippen molar-refractivity contribution in [1.82, 2.24) is 4.90 Å². The second-order valence-electron chi connectivity index (χ2n) is 6.64. The topological polar surface area (TPSA) is 84.9 Å². The quantitative estimate of drug-likeness (QED) is 0.778. The lowest BCUT2D eigenvalue weighted by Gasteiger charge is -2.35. The molecule has 0 spiro atoms. The first kappa shape index (κ1) is 20.0. The molecule has 0 aliphatic carbocycles. The molecule has 1 aliphatic rings. The third-order valence-electron chi connectivity index (χ3n) is 4.22. The van der Waals surface area contributed by atoms with Crippen LogP contribution in [0, 0.1) is 0 Å². The van der Waals surface area contributed by atoms with Crippen LogP contribution in [0.3, 0.4) is 0 Å². The van der Waals surface area contributed by atoms with E-state index in [1.54, 1.807) is 41.3 Å². The van der Waals surface area contributed by atoms with Crippen LogP contribution in [-0.4, -0.2) is 54.6 Å². The highest BCUT2D eigenvalue weighted by Crippen LogP contribution is 2.15. The lowest BCUT2D eigenvalue weighted by atomic mass is 10.2. The Hall–Kier alpha value is -2.71. The predicted molar refractivity (Wildman–Crippen MR) is 106 cm³/mol. The van der Waals surface area contributed by atoms with Crippen molar-refractivity contribution < 1.29 is 23.9 Å². The Kier molecular flexibility index (Phi) is 6.43. The molecule has 3 rings (SSSR count). The largest absolute Gasteiger partial charge is 0.452 e. The first-order valence-electron chi connectivity index (χ1n) is 8.97. The summed E-state index contributed by atoms with van der Waals surface area (Å²) in [7, 11) is 0. The van der Waals surface area contributed by atoms with Gasteiger partial charge in [0.25, 0.3) is 11.8 Å². The molecule has 0 unspecified atom stereocenters. The lowest BCUT2D eigenvalue weighted by Crippen LogP contribution is -2.49. The molecule has 2 heterocycles. The first-order valence-corrected chi connectivity index (χ1v) is 9.85. The van der Waals surface area contributed by atoms with Crippen molar-refractivity contribution in [2.24, 2.45) is 0 Å². The molecule has 1 saturated heterocycles. The molecule has 1 N–H and O–H groups in total. The van der Waals surface area contributed by atoms with Crippen molar-refractivity contribution in [2.75, 3.05) is 25.0 Å². The van der Waals surface area contributed by atoms with Gasteiger partial charge < -0.3 is 19.7 Å². The number of morpholine rings is 1. The Morgan fingerprint density at radius 1 is 1.14 bits per heavy atom. The van der Waals surface area contributed by atoms with Crippen LogP contribution in [0.1, 0.15) is 33.9 Å². The number of carbonyl (C=O) groups is 3. The van der Waals surface area contributed by atoms with Crippen molar-refractivity contribution in [1.29, 1.82) is 0 Å². The molecule has 1 aromatic carbocycles. The number of ether oxygens (including phenoxy) is 2. The van der Waals surface area contributed by atoms with Crippen LogP contribution >= 0.6 is 11.3 Å². The zero-order valence-corrected chi connectivity index (χ0v) is 16.5. The van der Waals surface area contributed by atoms with E-state index in [1.807, 2.05) is 19.2 Å². The number of amides is 2. The van der Waals surface area contributed by atoms with Gasteiger partial charge in [-0.3, -0.25) is 9.59 Å². The third kappa shape index (κ3) is 5.17. The van der Waals surface area contributed by atoms with Gasteiger partial charge in [0.2, 0.25) is 0 Å². The van der Waals surface area contributed by atoms with Crippen LogP contribution in [0.5, 0.6) is 0 Å². The number of esters is 1. The number of hydrogen-bond donors (Lipinski definition) is 1. The van der Waals surface area contributed by atoms with E-state index < -0.39 is 5.97 Å². The van der Waals surface area contributed by atoms with Crippen molar-refractivity contribution in [3.63, 3.8) is 0 Å². The third-order valence-corrected chi connectivity index (χ3v) is 5.09. The molecule has 2 atom stereocenters. The molecule has 28 heavy (non-hydrogen) atoms. The molecule has 2 amide bonds. The van der Waals surface area contributed by atoms with Gasteiger partial charge in [0, 0.05) is 18.8 Å². The number of carbonyl (C=O) groups excluding carboxylic acids is 3. The highest BCUT2D eigenvalue weighted by Gasteiger charge is 2.26. The minimum atomic E-state index is -0.584. The van der Waals surface area contributed by atoms with E-state index in [1.165, 1.54) is 11.3 Å². The Balaban J connectivity index is 1.50. The maximum atomic E-state index is 12.3. The van der Waals surface area contributed by atoms with Crippen LogP contribution in [0.25, 0.3) is 0 Å². The summed E-state index contributed by atoms with van der Waals surface area (Å²) in [4.78, 5) is 38.7. The summed E-state index contributed by atoms with van der Waals surface area (Å²) in [6.45, 7) is 4.47. The van der Waals surface area contributed by atoms with E-state index in [4.69, 9.17) is 9.47 Å². The van der Waals surface area contributed by atoms with Gasteiger partial charge in [0.1, 0.15) is 0 Å². The van der Waals surface area contributed by atoms with Crippen molar-refractivity contribution in [2.45, 2.75) is 26.1 Å². The Labute approximate surface area is 167 Å². The van der Waals surface area contributed by atoms with Gasteiger partial charge in [-0.2, -0.15) is 0 Å². The maximum absolute atomic E-state index is 12.3. The van der Waals surface area contributed by atoms with Crippen LogP contribution in [-0.2, 0) is 14.3 Å². The molecular weight excluding hydrogens is 380 g/mol. The average molecular weight is 402 g/mol. The summed E-state index contributed by atoms with van der Waals surface area (Å²) in [5, 5.41) is 4.59. The van der Waals surface area contributed by atoms with Gasteiger partial charge in [-0.15, -0.1) is 11.3 Å². The summed E-state index contributed by atoms with van der Waals surface area (Å²) in [5.74, 6) is -1.03. The fourth-order valence-electron chi connectivity index (χ4n) is 2.97. The summed E-state index contributed by atoms with van der Waals surface area (Å²) in [6, 6.07) is 9.88. The molecule has 7 nitrogen and oxygen atoms in total. The molecular formula is C20H22N2O5S.